The fourth-order valence-electron chi connectivity index (χ4n) is 5.16. The number of carbonyl (C=O) groups is 2. The third kappa shape index (κ3) is 9.25. The van der Waals surface area contributed by atoms with E-state index in [1.165, 1.54) is 6.08 Å². The standard InChI is InChI=1S/C30H43NO8/c1-19-15-25(39-21(3)20(19)2)28(36)29(37)31-22-11-14-38-24(16-22)18-30(12-13-30)26(33)17-23(32)9-7-5-4-6-8-10-27(34)35/h4,6-11,20-21,23-26,28,32-33,36H,1,5,12-18H2,2-3H3,(H,31,37)(H,34,35)/b6-4+,9-7+,10-8+/t20?,21?,23?,24-,25?,26?,28?/m0/s1. The van der Waals surface area contributed by atoms with Gasteiger partial charge in [0.1, 0.15) is 0 Å². The second-order valence-electron chi connectivity index (χ2n) is 11.0. The molecular weight excluding hydrogens is 502 g/mol. The van der Waals surface area contributed by atoms with Gasteiger partial charge in [-0.3, -0.25) is 4.79 Å². The fourth-order valence-corrected chi connectivity index (χ4v) is 5.16. The molecular formula is C30H43NO8. The van der Waals surface area contributed by atoms with Gasteiger partial charge in [0.25, 0.3) is 5.91 Å². The number of hydrogen-bond acceptors (Lipinski definition) is 7. The molecule has 1 saturated carbocycles. The highest BCUT2D eigenvalue weighted by molar-refractivity contribution is 5.83. The van der Waals surface area contributed by atoms with E-state index in [0.717, 1.165) is 24.5 Å². The summed E-state index contributed by atoms with van der Waals surface area (Å²) in [4.78, 5) is 23.2. The SMILES string of the molecule is C=C1CC(C(O)C(=O)NC2=CCO[C@H](CC3(C(O)CC(O)/C=C/C/C=C/C=C/C(=O)O)CC3)C2)OC(C)C1C. The second-order valence-corrected chi connectivity index (χ2v) is 11.0. The number of carboxylic acids is 1. The van der Waals surface area contributed by atoms with E-state index in [1.54, 1.807) is 30.4 Å². The lowest BCUT2D eigenvalue weighted by Crippen LogP contribution is -2.48. The van der Waals surface area contributed by atoms with Crippen molar-refractivity contribution in [2.24, 2.45) is 11.3 Å². The quantitative estimate of drug-likeness (QED) is 0.135. The van der Waals surface area contributed by atoms with Crippen molar-refractivity contribution in [1.29, 1.82) is 0 Å². The Morgan fingerprint density at radius 3 is 2.59 bits per heavy atom. The maximum absolute atomic E-state index is 12.8. The van der Waals surface area contributed by atoms with E-state index in [-0.39, 0.29) is 30.0 Å². The molecule has 2 fully saturated rings. The molecule has 3 rings (SSSR count). The minimum atomic E-state index is -1.30. The number of carboxylic acid groups (broad SMARTS) is 1. The molecule has 2 heterocycles. The highest BCUT2D eigenvalue weighted by Gasteiger charge is 2.50. The molecule has 9 nitrogen and oxygen atoms in total. The van der Waals surface area contributed by atoms with E-state index >= 15 is 0 Å². The summed E-state index contributed by atoms with van der Waals surface area (Å²) in [6.07, 6.45) is 11.3. The highest BCUT2D eigenvalue weighted by atomic mass is 16.5. The van der Waals surface area contributed by atoms with Gasteiger partial charge >= 0.3 is 5.97 Å². The predicted octanol–water partition coefficient (Wildman–Crippen LogP) is 2.93. The van der Waals surface area contributed by atoms with E-state index in [0.29, 0.717) is 38.0 Å². The average molecular weight is 546 g/mol. The molecule has 39 heavy (non-hydrogen) atoms. The predicted molar refractivity (Wildman–Crippen MR) is 146 cm³/mol. The minimum absolute atomic E-state index is 0.120. The third-order valence-corrected chi connectivity index (χ3v) is 8.03. The number of carbonyl (C=O) groups excluding carboxylic acids is 1. The molecule has 9 heteroatoms. The van der Waals surface area contributed by atoms with Crippen LogP contribution in [0, 0.1) is 11.3 Å². The fraction of sp³-hybridized carbons (Fsp3) is 0.600. The first-order valence-corrected chi connectivity index (χ1v) is 13.7. The lowest BCUT2D eigenvalue weighted by atomic mass is 9.86. The molecule has 0 spiro atoms. The molecule has 2 aliphatic heterocycles. The third-order valence-electron chi connectivity index (χ3n) is 8.03. The molecule has 1 amide bonds. The van der Waals surface area contributed by atoms with Crippen LogP contribution in [0.2, 0.25) is 0 Å². The molecule has 5 N–H and O–H groups in total. The summed E-state index contributed by atoms with van der Waals surface area (Å²) < 4.78 is 11.8. The molecule has 6 unspecified atom stereocenters. The Hall–Kier alpha value is -2.56. The molecule has 0 aromatic rings. The number of nitrogens with one attached hydrogen (secondary N) is 1. The van der Waals surface area contributed by atoms with Crippen molar-refractivity contribution in [3.63, 3.8) is 0 Å². The lowest BCUT2D eigenvalue weighted by molar-refractivity contribution is -0.146. The van der Waals surface area contributed by atoms with E-state index in [9.17, 15) is 24.9 Å². The van der Waals surface area contributed by atoms with Crippen LogP contribution in [0.1, 0.15) is 58.8 Å². The van der Waals surface area contributed by atoms with Crippen LogP contribution in [-0.4, -0.2) is 75.5 Å². The summed E-state index contributed by atoms with van der Waals surface area (Å²) in [5, 5.41) is 43.2. The molecule has 0 radical (unpaired) electrons. The van der Waals surface area contributed by atoms with Crippen LogP contribution in [0.4, 0.5) is 0 Å². The summed E-state index contributed by atoms with van der Waals surface area (Å²) in [5.41, 5.74) is 1.33. The first-order chi connectivity index (χ1) is 18.5. The van der Waals surface area contributed by atoms with E-state index < -0.39 is 36.3 Å². The van der Waals surface area contributed by atoms with Gasteiger partial charge < -0.3 is 35.2 Å². The minimum Gasteiger partial charge on any atom is -0.478 e. The number of ether oxygens (including phenoxy) is 2. The number of aliphatic hydroxyl groups is 3. The van der Waals surface area contributed by atoms with Gasteiger partial charge in [-0.05, 0) is 50.5 Å². The molecule has 7 atom stereocenters. The Labute approximate surface area is 230 Å². The van der Waals surface area contributed by atoms with Gasteiger partial charge in [0.2, 0.25) is 0 Å². The topological polar surface area (TPSA) is 146 Å². The Morgan fingerprint density at radius 2 is 1.92 bits per heavy atom. The van der Waals surface area contributed by atoms with Crippen LogP contribution < -0.4 is 5.32 Å². The molecule has 0 bridgehead atoms. The number of hydrogen-bond donors (Lipinski definition) is 5. The van der Waals surface area contributed by atoms with Gasteiger partial charge in [-0.2, -0.15) is 0 Å². The molecule has 0 aromatic carbocycles. The molecule has 1 saturated heterocycles. The summed E-state index contributed by atoms with van der Waals surface area (Å²) in [7, 11) is 0. The molecule has 0 aromatic heterocycles. The van der Waals surface area contributed by atoms with Crippen molar-refractivity contribution in [1.82, 2.24) is 5.32 Å². The van der Waals surface area contributed by atoms with Gasteiger partial charge in [0.15, 0.2) is 6.10 Å². The van der Waals surface area contributed by atoms with Gasteiger partial charge in [-0.25, -0.2) is 4.79 Å². The monoisotopic (exact) mass is 545 g/mol. The van der Waals surface area contributed by atoms with Crippen LogP contribution in [-0.2, 0) is 19.1 Å². The zero-order valence-corrected chi connectivity index (χ0v) is 22.9. The first kappa shape index (κ1) is 31.0. The highest BCUT2D eigenvalue weighted by Crippen LogP contribution is 2.54. The van der Waals surface area contributed by atoms with Crippen LogP contribution in [0.25, 0.3) is 0 Å². The maximum Gasteiger partial charge on any atom is 0.328 e. The zero-order chi connectivity index (χ0) is 28.6. The number of allylic oxidation sites excluding steroid dienone is 4. The lowest BCUT2D eigenvalue weighted by Gasteiger charge is -2.36. The maximum atomic E-state index is 12.8. The van der Waals surface area contributed by atoms with Crippen molar-refractivity contribution < 1.29 is 39.5 Å². The summed E-state index contributed by atoms with van der Waals surface area (Å²) in [5.74, 6) is -1.34. The smallest absolute Gasteiger partial charge is 0.328 e. The first-order valence-electron chi connectivity index (χ1n) is 13.7. The van der Waals surface area contributed by atoms with E-state index in [1.807, 2.05) is 13.8 Å². The molecule has 1 aliphatic carbocycles. The van der Waals surface area contributed by atoms with Crippen LogP contribution in [0.15, 0.2) is 60.4 Å². The Balaban J connectivity index is 1.44. The van der Waals surface area contributed by atoms with Crippen molar-refractivity contribution in [3.05, 3.63) is 60.4 Å². The number of aliphatic hydroxyl groups excluding tert-OH is 3. The Morgan fingerprint density at radius 1 is 1.18 bits per heavy atom. The summed E-state index contributed by atoms with van der Waals surface area (Å²) in [6, 6.07) is 0. The Kier molecular flexibility index (Phi) is 11.3. The van der Waals surface area contributed by atoms with Gasteiger partial charge in [-0.15, -0.1) is 0 Å². The van der Waals surface area contributed by atoms with Gasteiger partial charge in [0, 0.05) is 30.5 Å². The second kappa shape index (κ2) is 14.2. The number of aliphatic carboxylic acids is 1. The van der Waals surface area contributed by atoms with Crippen molar-refractivity contribution in [3.8, 4) is 0 Å². The van der Waals surface area contributed by atoms with Crippen molar-refractivity contribution in [2.75, 3.05) is 6.61 Å². The number of rotatable bonds is 13. The summed E-state index contributed by atoms with van der Waals surface area (Å²) in [6.45, 7) is 8.32. The van der Waals surface area contributed by atoms with E-state index in [2.05, 4.69) is 11.9 Å². The normalized spacial score (nSPS) is 29.4. The zero-order valence-electron chi connectivity index (χ0n) is 22.9. The van der Waals surface area contributed by atoms with Gasteiger partial charge in [0.05, 0.1) is 37.1 Å². The Bertz CT molecular complexity index is 995. The van der Waals surface area contributed by atoms with Crippen molar-refractivity contribution in [2.45, 2.75) is 95.4 Å². The van der Waals surface area contributed by atoms with Crippen molar-refractivity contribution >= 4 is 11.9 Å². The van der Waals surface area contributed by atoms with Crippen LogP contribution >= 0.6 is 0 Å². The largest absolute Gasteiger partial charge is 0.478 e. The molecule has 216 valence electrons. The molecule has 3 aliphatic rings. The van der Waals surface area contributed by atoms with E-state index in [4.69, 9.17) is 14.6 Å². The average Bonchev–Trinajstić information content (AvgIpc) is 3.66. The van der Waals surface area contributed by atoms with Crippen LogP contribution in [0.5, 0.6) is 0 Å². The van der Waals surface area contributed by atoms with Gasteiger partial charge in [-0.1, -0.05) is 49.5 Å². The van der Waals surface area contributed by atoms with Crippen LogP contribution in [0.3, 0.4) is 0 Å². The number of amides is 1. The summed E-state index contributed by atoms with van der Waals surface area (Å²) >= 11 is 0.